The molecule has 11 aromatic carbocycles. The van der Waals surface area contributed by atoms with Crippen molar-refractivity contribution in [3.63, 3.8) is 0 Å². The van der Waals surface area contributed by atoms with E-state index in [1.54, 1.807) is 0 Å². The summed E-state index contributed by atoms with van der Waals surface area (Å²) in [7, 11) is 2.16. The van der Waals surface area contributed by atoms with Crippen LogP contribution in [0, 0.1) is 20.8 Å². The maximum absolute atomic E-state index is 3.58. The Balaban J connectivity index is 0.000000221. The molecule has 3 aliphatic heterocycles. The Bertz CT molecular complexity index is 4370. The molecule has 0 spiro atoms. The molecule has 108 heavy (non-hydrogen) atoms. The molecule has 3 heterocycles. The molecule has 1 saturated heterocycles. The van der Waals surface area contributed by atoms with E-state index < -0.39 is 0 Å². The number of hydrogen-bond acceptors (Lipinski definition) is 5. The van der Waals surface area contributed by atoms with Gasteiger partial charge in [0, 0.05) is 94.8 Å². The number of aryl methyl sites for hydroxylation is 3. The largest absolute Gasteiger partial charge is 1.00 e. The summed E-state index contributed by atoms with van der Waals surface area (Å²) in [6.45, 7) is 33.6. The summed E-state index contributed by atoms with van der Waals surface area (Å²) in [4.78, 5) is 12.7. The molecule has 0 bridgehead atoms. The molecule has 2 unspecified atom stereocenters. The summed E-state index contributed by atoms with van der Waals surface area (Å²) in [5, 5.41) is 2.66. The smallest absolute Gasteiger partial charge is 1.00 e. The first-order valence-corrected chi connectivity index (χ1v) is 40.4. The van der Waals surface area contributed by atoms with E-state index in [-0.39, 0.29) is 31.0 Å². The maximum atomic E-state index is 3.58. The second-order valence-corrected chi connectivity index (χ2v) is 28.4. The fraction of sp³-hybridized carbons (Fsp3) is 0.287. The molecule has 0 amide bonds. The van der Waals surface area contributed by atoms with E-state index in [0.29, 0.717) is 11.8 Å². The Hall–Kier alpha value is -8.08. The molecule has 7 heteroatoms. The molecule has 1 fully saturated rings. The zero-order chi connectivity index (χ0) is 75.6. The van der Waals surface area contributed by atoms with Crippen LogP contribution in [-0.4, -0.2) is 110 Å². The predicted molar refractivity (Wildman–Crippen MR) is 472 cm³/mol. The van der Waals surface area contributed by atoms with Crippen molar-refractivity contribution in [2.75, 3.05) is 85.6 Å². The number of rotatable bonds is 18. The van der Waals surface area contributed by atoms with E-state index in [1.165, 1.54) is 114 Å². The Morgan fingerprint density at radius 3 is 1.28 bits per heavy atom. The minimum Gasteiger partial charge on any atom is -1.00 e. The first-order chi connectivity index (χ1) is 52.6. The summed E-state index contributed by atoms with van der Waals surface area (Å²) in [5.74, 6) is 0.851. The van der Waals surface area contributed by atoms with E-state index in [0.717, 1.165) is 95.9 Å². The van der Waals surface area contributed by atoms with E-state index in [2.05, 4.69) is 390 Å². The summed E-state index contributed by atoms with van der Waals surface area (Å²) >= 11 is 3.58. The quantitative estimate of drug-likeness (QED) is 0.0794. The van der Waals surface area contributed by atoms with Crippen LogP contribution in [0.25, 0.3) is 35.1 Å². The Kier molecular flexibility index (Phi) is 40.2. The van der Waals surface area contributed by atoms with Gasteiger partial charge in [-0.05, 0) is 150 Å². The van der Waals surface area contributed by atoms with Crippen molar-refractivity contribution in [1.82, 2.24) is 24.5 Å². The molecule has 2 atom stereocenters. The molecular weight excluding hydrogens is 1390 g/mol. The monoisotopic (exact) mass is 1510 g/mol. The second-order valence-electron chi connectivity index (χ2n) is 27.5. The summed E-state index contributed by atoms with van der Waals surface area (Å²) < 4.78 is 1.14. The molecule has 0 N–H and O–H groups in total. The van der Waals surface area contributed by atoms with Crippen molar-refractivity contribution in [3.05, 3.63) is 391 Å². The molecule has 14 rings (SSSR count). The van der Waals surface area contributed by atoms with Crippen LogP contribution in [0.3, 0.4) is 0 Å². The first-order valence-electron chi connectivity index (χ1n) is 39.6. The molecule has 3 aliphatic rings. The van der Waals surface area contributed by atoms with Gasteiger partial charge in [-0.1, -0.05) is 390 Å². The van der Waals surface area contributed by atoms with Gasteiger partial charge in [0.15, 0.2) is 0 Å². The Morgan fingerprint density at radius 1 is 0.389 bits per heavy atom. The molecule has 5 nitrogen and oxygen atoms in total. The van der Waals surface area contributed by atoms with Crippen molar-refractivity contribution in [1.29, 1.82) is 0 Å². The third-order valence-electron chi connectivity index (χ3n) is 19.6. The minimum atomic E-state index is 0. The number of likely N-dealkylation sites (N-methyl/N-ethyl adjacent to an activating group) is 1. The van der Waals surface area contributed by atoms with Gasteiger partial charge in [0.2, 0.25) is 0 Å². The Morgan fingerprint density at radius 2 is 0.787 bits per heavy atom. The molecule has 558 valence electrons. The summed E-state index contributed by atoms with van der Waals surface area (Å²) in [6, 6.07) is 100. The topological polar surface area (TPSA) is 16.2 Å². The van der Waals surface area contributed by atoms with Gasteiger partial charge in [0.25, 0.3) is 0 Å². The zero-order valence-corrected chi connectivity index (χ0v) is 70.6. The maximum Gasteiger partial charge on any atom is 1.00 e. The number of nitrogens with zero attached hydrogens (tertiary/aromatic N) is 5. The minimum absolute atomic E-state index is 0. The van der Waals surface area contributed by atoms with Crippen molar-refractivity contribution < 1.29 is 31.0 Å². The fourth-order valence-corrected chi connectivity index (χ4v) is 14.3. The van der Waals surface area contributed by atoms with Gasteiger partial charge in [-0.25, -0.2) is 0 Å². The van der Waals surface area contributed by atoms with Crippen molar-refractivity contribution in [3.8, 4) is 0 Å². The van der Waals surface area contributed by atoms with Crippen LogP contribution >= 0.6 is 15.9 Å². The van der Waals surface area contributed by atoms with Crippen molar-refractivity contribution >= 4 is 51.0 Å². The van der Waals surface area contributed by atoms with Gasteiger partial charge in [-0.2, -0.15) is 0 Å². The van der Waals surface area contributed by atoms with Gasteiger partial charge >= 0.3 is 29.6 Å². The number of hydrogen-bond donors (Lipinski definition) is 0. The van der Waals surface area contributed by atoms with Crippen LogP contribution in [0.5, 0.6) is 0 Å². The molecule has 0 radical (unpaired) electrons. The zero-order valence-electron chi connectivity index (χ0n) is 68.0. The van der Waals surface area contributed by atoms with Crippen LogP contribution in [-0.2, 0) is 25.9 Å². The molecule has 0 aliphatic carbocycles. The molecule has 0 aromatic heterocycles. The SMILES string of the molecule is CC.CC.CC.CN(C/C=C/c1ccccc1)Cc1cccc2ccccc12.Cc1ccc(CN2CCCN(C/C=C/c3ccccc3)CC2)cc1.Cc1ccc2c(c1)C(c1ccc(Br)cc1)CN(C/C=C/c1ccccc1)CC2.Cc1ccc2c(c1)C(c1ccccc1)CN(C/C=C/c1ccccc1)CC2.[H-].[Na+]. The van der Waals surface area contributed by atoms with Gasteiger partial charge < -0.3 is 1.43 Å². The third kappa shape index (κ3) is 29.7. The first kappa shape index (κ1) is 87.1. The molecular formula is C101H121BrN5Na. The number of benzene rings is 11. The van der Waals surface area contributed by atoms with Gasteiger partial charge in [-0.15, -0.1) is 0 Å². The van der Waals surface area contributed by atoms with Gasteiger partial charge in [0.1, 0.15) is 0 Å². The average Bonchev–Trinajstić information content (AvgIpc) is 1.75. The fourth-order valence-electron chi connectivity index (χ4n) is 14.0. The van der Waals surface area contributed by atoms with Crippen LogP contribution in [0.2, 0.25) is 0 Å². The van der Waals surface area contributed by atoms with Crippen LogP contribution in [0.4, 0.5) is 0 Å². The number of halogens is 1. The second kappa shape index (κ2) is 49.9. The van der Waals surface area contributed by atoms with E-state index >= 15 is 0 Å². The Labute approximate surface area is 684 Å². The average molecular weight is 1510 g/mol. The van der Waals surface area contributed by atoms with Gasteiger partial charge in [-0.3, -0.25) is 24.5 Å². The molecule has 0 saturated carbocycles. The van der Waals surface area contributed by atoms with Gasteiger partial charge in [0.05, 0.1) is 0 Å². The van der Waals surface area contributed by atoms with E-state index in [9.17, 15) is 0 Å². The van der Waals surface area contributed by atoms with Crippen molar-refractivity contribution in [2.24, 2.45) is 0 Å². The van der Waals surface area contributed by atoms with E-state index in [4.69, 9.17) is 0 Å². The normalized spacial score (nSPS) is 15.3. The van der Waals surface area contributed by atoms with Crippen LogP contribution in [0.1, 0.15) is 145 Å². The van der Waals surface area contributed by atoms with E-state index in [1.807, 2.05) is 47.6 Å². The van der Waals surface area contributed by atoms with Crippen molar-refractivity contribution in [2.45, 2.75) is 107 Å². The predicted octanol–water partition coefficient (Wildman–Crippen LogP) is 21.6. The number of fused-ring (bicyclic) bond motifs is 3. The summed E-state index contributed by atoms with van der Waals surface area (Å²) in [6.07, 6.45) is 21.5. The standard InChI is InChI=1S/C26H26BrN.C26H27N.C22H28N2.C21H21N.3C2H6.Na.H/c1-20-9-10-23-15-17-28(16-5-8-21-6-3-2-4-7-21)19-26(25(23)18-20)22-11-13-24(27)14-12-22;1-21-14-15-24-16-18-27(17-8-11-22-9-4-2-5-10-22)20-26(25(24)19-21)23-12-6-3-7-13-23;1-20-10-12-22(13-11-20)19-24-16-6-15-23(17-18-24)14-5-9-21-7-3-2-4-8-21;1-22(16-8-11-18-9-3-2-4-10-18)17-20-14-7-13-19-12-5-6-15-21(19)20;3*1-2;;/h2-14,18,26H,15-17,19H2,1H3;2-15,19,26H,16-18,20H2,1H3;2-5,7-13H,6,14-19H2,1H3;2-15H,16-17H2,1H3;3*1-2H3;;/q;;;;;;;+1;-1/b8-5+;11-8+;9-5+;11-8+;;;;;. The van der Waals surface area contributed by atoms with Crippen LogP contribution in [0.15, 0.2) is 308 Å². The third-order valence-corrected chi connectivity index (χ3v) is 20.1. The molecule has 11 aromatic rings. The van der Waals surface area contributed by atoms with Crippen LogP contribution < -0.4 is 29.6 Å². The summed E-state index contributed by atoms with van der Waals surface area (Å²) in [5.41, 5.74) is 20.7.